The highest BCUT2D eigenvalue weighted by Gasteiger charge is 2.21. The Morgan fingerprint density at radius 1 is 1.17 bits per heavy atom. The lowest BCUT2D eigenvalue weighted by atomic mass is 9.93. The molecule has 1 aromatic carbocycles. The van der Waals surface area contributed by atoms with Crippen molar-refractivity contribution in [3.05, 3.63) is 41.8 Å². The second-order valence-corrected chi connectivity index (χ2v) is 5.89. The molecule has 4 N–H and O–H groups in total. The van der Waals surface area contributed by atoms with Crippen molar-refractivity contribution < 1.29 is 9.52 Å². The maximum absolute atomic E-state index is 9.51. The first-order valence-electron chi connectivity index (χ1n) is 7.78. The third kappa shape index (κ3) is 4.92. The summed E-state index contributed by atoms with van der Waals surface area (Å²) in [6, 6.07) is 10.4. The molecule has 1 aliphatic carbocycles. The molecule has 3 rings (SSSR count). The molecule has 7 heteroatoms. The summed E-state index contributed by atoms with van der Waals surface area (Å²) in [6.07, 6.45) is 3.94. The van der Waals surface area contributed by atoms with E-state index in [1.165, 1.54) is 0 Å². The highest BCUT2D eigenvalue weighted by molar-refractivity contribution is 5.85. The van der Waals surface area contributed by atoms with Gasteiger partial charge in [0.25, 0.3) is 0 Å². The fourth-order valence-corrected chi connectivity index (χ4v) is 2.79. The van der Waals surface area contributed by atoms with Gasteiger partial charge in [0.05, 0.1) is 12.1 Å². The fraction of sp³-hybridized carbons (Fsp3) is 0.500. The fourth-order valence-electron chi connectivity index (χ4n) is 2.79. The van der Waals surface area contributed by atoms with Crippen molar-refractivity contribution >= 4 is 18.4 Å². The summed E-state index contributed by atoms with van der Waals surface area (Å²) in [4.78, 5) is 0. The average molecular weight is 339 g/mol. The van der Waals surface area contributed by atoms with E-state index in [9.17, 15) is 5.11 Å². The van der Waals surface area contributed by atoms with Crippen LogP contribution in [0.4, 0.5) is 6.01 Å². The highest BCUT2D eigenvalue weighted by Crippen LogP contribution is 2.23. The molecule has 1 fully saturated rings. The van der Waals surface area contributed by atoms with E-state index in [1.807, 2.05) is 30.3 Å². The molecule has 0 saturated heterocycles. The normalized spacial score (nSPS) is 22.2. The zero-order chi connectivity index (χ0) is 15.4. The number of benzene rings is 1. The molecule has 1 aliphatic rings. The number of anilines is 1. The Balaban J connectivity index is 0.00000192. The average Bonchev–Trinajstić information content (AvgIpc) is 2.99. The standard InChI is InChI=1S/C16H22N4O2.ClH/c17-14(10-11-4-2-1-3-5-11)15-19-20-16(22-15)18-12-6-8-13(21)9-7-12;/h1-5,12-14,21H,6-10,17H2,(H,18,20);1H/t12?,13?,14-;/m1./s1. The van der Waals surface area contributed by atoms with Crippen molar-refractivity contribution in [3.63, 3.8) is 0 Å². The van der Waals surface area contributed by atoms with Crippen LogP contribution in [0.2, 0.25) is 0 Å². The summed E-state index contributed by atoms with van der Waals surface area (Å²) in [6.45, 7) is 0. The molecule has 23 heavy (non-hydrogen) atoms. The Labute approximate surface area is 141 Å². The second-order valence-electron chi connectivity index (χ2n) is 5.89. The Kier molecular flexibility index (Phi) is 6.38. The number of hydrogen-bond donors (Lipinski definition) is 3. The lowest BCUT2D eigenvalue weighted by Gasteiger charge is -2.25. The minimum absolute atomic E-state index is 0. The van der Waals surface area contributed by atoms with Crippen molar-refractivity contribution in [3.8, 4) is 0 Å². The number of nitrogens with two attached hydrogens (primary N) is 1. The first-order chi connectivity index (χ1) is 10.7. The van der Waals surface area contributed by atoms with Gasteiger partial charge in [0, 0.05) is 6.04 Å². The van der Waals surface area contributed by atoms with Crippen LogP contribution in [-0.2, 0) is 6.42 Å². The first-order valence-corrected chi connectivity index (χ1v) is 7.78. The van der Waals surface area contributed by atoms with Crippen LogP contribution in [0.3, 0.4) is 0 Å². The summed E-state index contributed by atoms with van der Waals surface area (Å²) in [5.41, 5.74) is 7.28. The number of halogens is 1. The smallest absolute Gasteiger partial charge is 0.315 e. The quantitative estimate of drug-likeness (QED) is 0.774. The van der Waals surface area contributed by atoms with E-state index in [-0.39, 0.29) is 30.6 Å². The molecule has 1 heterocycles. The van der Waals surface area contributed by atoms with Crippen LogP contribution in [0.25, 0.3) is 0 Å². The third-order valence-electron chi connectivity index (χ3n) is 4.08. The summed E-state index contributed by atoms with van der Waals surface area (Å²) < 4.78 is 5.63. The van der Waals surface area contributed by atoms with E-state index in [0.29, 0.717) is 18.3 Å². The minimum atomic E-state index is -0.307. The van der Waals surface area contributed by atoms with Gasteiger partial charge in [-0.1, -0.05) is 35.4 Å². The van der Waals surface area contributed by atoms with Crippen molar-refractivity contribution in [2.24, 2.45) is 5.73 Å². The van der Waals surface area contributed by atoms with Crippen LogP contribution in [0.15, 0.2) is 34.7 Å². The SMILES string of the molecule is Cl.N[C@H](Cc1ccccc1)c1nnc(NC2CCC(O)CC2)o1. The maximum Gasteiger partial charge on any atom is 0.315 e. The van der Waals surface area contributed by atoms with E-state index >= 15 is 0 Å². The van der Waals surface area contributed by atoms with E-state index in [1.54, 1.807) is 0 Å². The lowest BCUT2D eigenvalue weighted by Crippen LogP contribution is -2.28. The van der Waals surface area contributed by atoms with Crippen LogP contribution < -0.4 is 11.1 Å². The number of aliphatic hydroxyl groups excluding tert-OH is 1. The summed E-state index contributed by atoms with van der Waals surface area (Å²) in [5, 5.41) is 20.8. The Morgan fingerprint density at radius 2 is 1.87 bits per heavy atom. The molecule has 0 bridgehead atoms. The zero-order valence-electron chi connectivity index (χ0n) is 12.9. The number of nitrogens with one attached hydrogen (secondary N) is 1. The van der Waals surface area contributed by atoms with Crippen LogP contribution in [-0.4, -0.2) is 27.4 Å². The monoisotopic (exact) mass is 338 g/mol. The van der Waals surface area contributed by atoms with Gasteiger partial charge < -0.3 is 20.6 Å². The maximum atomic E-state index is 9.51. The van der Waals surface area contributed by atoms with Gasteiger partial charge in [0.15, 0.2) is 0 Å². The van der Waals surface area contributed by atoms with Crippen molar-refractivity contribution in [1.29, 1.82) is 0 Å². The van der Waals surface area contributed by atoms with E-state index < -0.39 is 0 Å². The molecule has 6 nitrogen and oxygen atoms in total. The van der Waals surface area contributed by atoms with Gasteiger partial charge >= 0.3 is 6.01 Å². The predicted octanol–water partition coefficient (Wildman–Crippen LogP) is 2.45. The van der Waals surface area contributed by atoms with E-state index in [0.717, 1.165) is 31.2 Å². The Bertz CT molecular complexity index is 585. The molecular formula is C16H23ClN4O2. The van der Waals surface area contributed by atoms with Crippen molar-refractivity contribution in [1.82, 2.24) is 10.2 Å². The number of hydrogen-bond acceptors (Lipinski definition) is 6. The van der Waals surface area contributed by atoms with Crippen LogP contribution in [0, 0.1) is 0 Å². The summed E-state index contributed by atoms with van der Waals surface area (Å²) in [7, 11) is 0. The molecular weight excluding hydrogens is 316 g/mol. The summed E-state index contributed by atoms with van der Waals surface area (Å²) in [5.74, 6) is 0.446. The molecule has 0 radical (unpaired) electrons. The number of aromatic nitrogens is 2. The zero-order valence-corrected chi connectivity index (χ0v) is 13.7. The van der Waals surface area contributed by atoms with Gasteiger partial charge in [-0.3, -0.25) is 0 Å². The van der Waals surface area contributed by atoms with Gasteiger partial charge in [-0.15, -0.1) is 17.5 Å². The Morgan fingerprint density at radius 3 is 2.57 bits per heavy atom. The van der Waals surface area contributed by atoms with Crippen LogP contribution >= 0.6 is 12.4 Å². The van der Waals surface area contributed by atoms with Gasteiger partial charge in [-0.05, 0) is 37.7 Å². The van der Waals surface area contributed by atoms with E-state index in [4.69, 9.17) is 10.2 Å². The highest BCUT2D eigenvalue weighted by atomic mass is 35.5. The molecule has 0 spiro atoms. The topological polar surface area (TPSA) is 97.2 Å². The molecule has 0 aliphatic heterocycles. The van der Waals surface area contributed by atoms with Crippen molar-refractivity contribution in [2.45, 2.75) is 50.3 Å². The van der Waals surface area contributed by atoms with Crippen LogP contribution in [0.1, 0.15) is 43.2 Å². The number of nitrogens with zero attached hydrogens (tertiary/aromatic N) is 2. The Hall–Kier alpha value is -1.63. The molecule has 1 saturated carbocycles. The van der Waals surface area contributed by atoms with Crippen molar-refractivity contribution in [2.75, 3.05) is 5.32 Å². The molecule has 126 valence electrons. The number of rotatable bonds is 5. The lowest BCUT2D eigenvalue weighted by molar-refractivity contribution is 0.125. The minimum Gasteiger partial charge on any atom is -0.406 e. The number of aliphatic hydroxyl groups is 1. The molecule has 0 unspecified atom stereocenters. The molecule has 1 aromatic heterocycles. The van der Waals surface area contributed by atoms with Gasteiger partial charge in [-0.2, -0.15) is 0 Å². The van der Waals surface area contributed by atoms with Gasteiger partial charge in [0.2, 0.25) is 5.89 Å². The molecule has 1 atom stereocenters. The largest absolute Gasteiger partial charge is 0.406 e. The molecule has 0 amide bonds. The molecule has 2 aromatic rings. The van der Waals surface area contributed by atoms with Gasteiger partial charge in [0.1, 0.15) is 0 Å². The summed E-state index contributed by atoms with van der Waals surface area (Å²) >= 11 is 0. The third-order valence-corrected chi connectivity index (χ3v) is 4.08. The first kappa shape index (κ1) is 17.7. The van der Waals surface area contributed by atoms with Crippen LogP contribution in [0.5, 0.6) is 0 Å². The van der Waals surface area contributed by atoms with Gasteiger partial charge in [-0.25, -0.2) is 0 Å². The second kappa shape index (κ2) is 8.29. The predicted molar refractivity (Wildman–Crippen MR) is 90.5 cm³/mol. The van der Waals surface area contributed by atoms with E-state index in [2.05, 4.69) is 15.5 Å².